The number of carboxylic acid groups (broad SMARTS) is 1. The van der Waals surface area contributed by atoms with Crippen molar-refractivity contribution < 1.29 is 9.90 Å². The van der Waals surface area contributed by atoms with Gasteiger partial charge in [-0.25, -0.2) is 14.3 Å². The summed E-state index contributed by atoms with van der Waals surface area (Å²) in [5.41, 5.74) is -0.0840. The lowest BCUT2D eigenvalue weighted by molar-refractivity contribution is -0.137. The smallest absolute Gasteiger partial charge is 0.353 e. The molecule has 0 atom stereocenters. The Morgan fingerprint density at radius 1 is 1.04 bits per heavy atom. The van der Waals surface area contributed by atoms with Crippen molar-refractivity contribution in [3.8, 4) is 17.2 Å². The average Bonchev–Trinajstić information content (AvgIpc) is 2.65. The molecule has 0 unspecified atom stereocenters. The van der Waals surface area contributed by atoms with Crippen LogP contribution in [-0.2, 0) is 11.3 Å². The summed E-state index contributed by atoms with van der Waals surface area (Å²) >= 11 is 5.96. The number of hydrogen-bond acceptors (Lipinski definition) is 5. The van der Waals surface area contributed by atoms with Crippen LogP contribution in [-0.4, -0.2) is 30.2 Å². The second-order valence-corrected chi connectivity index (χ2v) is 6.20. The summed E-state index contributed by atoms with van der Waals surface area (Å²) in [7, 11) is 0. The van der Waals surface area contributed by atoms with Gasteiger partial charge in [0.1, 0.15) is 6.54 Å². The Hall–Kier alpha value is -3.52. The van der Waals surface area contributed by atoms with Crippen LogP contribution in [0, 0.1) is 0 Å². The zero-order valence-corrected chi connectivity index (χ0v) is 14.4. The van der Waals surface area contributed by atoms with E-state index >= 15 is 0 Å². The van der Waals surface area contributed by atoms with Gasteiger partial charge in [-0.1, -0.05) is 23.7 Å². The van der Waals surface area contributed by atoms with Gasteiger partial charge in [-0.2, -0.15) is 4.98 Å². The van der Waals surface area contributed by atoms with Crippen LogP contribution in [0.1, 0.15) is 0 Å². The zero-order chi connectivity index (χ0) is 19.1. The van der Waals surface area contributed by atoms with E-state index in [2.05, 4.69) is 9.97 Å². The van der Waals surface area contributed by atoms with Crippen LogP contribution < -0.4 is 11.2 Å². The molecule has 8 nitrogen and oxygen atoms in total. The summed E-state index contributed by atoms with van der Waals surface area (Å²) in [4.78, 5) is 44.3. The van der Waals surface area contributed by atoms with Gasteiger partial charge >= 0.3 is 11.7 Å². The number of hydrogen-bond donors (Lipinski definition) is 1. The number of carboxylic acids is 1. The van der Waals surface area contributed by atoms with E-state index in [0.717, 1.165) is 0 Å². The van der Waals surface area contributed by atoms with E-state index in [-0.39, 0.29) is 11.5 Å². The molecule has 0 aliphatic carbocycles. The predicted molar refractivity (Wildman–Crippen MR) is 98.7 cm³/mol. The minimum atomic E-state index is -1.32. The summed E-state index contributed by atoms with van der Waals surface area (Å²) in [5.74, 6) is -1.27. The summed E-state index contributed by atoms with van der Waals surface area (Å²) in [6, 6.07) is 13.9. The monoisotopic (exact) mass is 382 g/mol. The van der Waals surface area contributed by atoms with Gasteiger partial charge in [-0.15, -0.1) is 0 Å². The largest absolute Gasteiger partial charge is 0.480 e. The van der Waals surface area contributed by atoms with Gasteiger partial charge in [-0.05, 0) is 36.4 Å². The Morgan fingerprint density at radius 3 is 2.44 bits per heavy atom. The summed E-state index contributed by atoms with van der Waals surface area (Å²) in [6.45, 7) is -0.782. The van der Waals surface area contributed by atoms with Crippen molar-refractivity contribution in [3.05, 3.63) is 74.4 Å². The Kier molecular flexibility index (Phi) is 3.97. The molecule has 0 saturated carbocycles. The molecule has 0 aromatic heterocycles. The number of aromatic nitrogens is 4. The summed E-state index contributed by atoms with van der Waals surface area (Å²) < 4.78 is 2.18. The van der Waals surface area contributed by atoms with Crippen LogP contribution in [0.2, 0.25) is 5.02 Å². The molecule has 1 N–H and O–H groups in total. The number of aliphatic carboxylic acids is 1. The molecule has 9 heteroatoms. The molecule has 0 spiro atoms. The molecule has 0 fully saturated rings. The molecular weight excluding hydrogens is 372 g/mol. The van der Waals surface area contributed by atoms with Gasteiger partial charge in [0.15, 0.2) is 11.5 Å². The highest BCUT2D eigenvalue weighted by atomic mass is 35.5. The molecule has 0 radical (unpaired) electrons. The van der Waals surface area contributed by atoms with Gasteiger partial charge in [0.2, 0.25) is 0 Å². The van der Waals surface area contributed by atoms with Crippen molar-refractivity contribution in [2.24, 2.45) is 0 Å². The van der Waals surface area contributed by atoms with Gasteiger partial charge in [-0.3, -0.25) is 14.2 Å². The molecule has 27 heavy (non-hydrogen) atoms. The predicted octanol–water partition coefficient (Wildman–Crippen LogP) is 1.79. The fourth-order valence-corrected chi connectivity index (χ4v) is 3.00. The first-order valence-electron chi connectivity index (χ1n) is 7.86. The van der Waals surface area contributed by atoms with Crippen LogP contribution >= 0.6 is 11.6 Å². The maximum atomic E-state index is 12.7. The summed E-state index contributed by atoms with van der Waals surface area (Å²) in [6.07, 6.45) is 0. The Morgan fingerprint density at radius 2 is 1.74 bits per heavy atom. The van der Waals surface area contributed by atoms with E-state index in [0.29, 0.717) is 26.3 Å². The van der Waals surface area contributed by atoms with Crippen molar-refractivity contribution in [2.75, 3.05) is 0 Å². The highest BCUT2D eigenvalue weighted by Gasteiger charge is 2.23. The van der Waals surface area contributed by atoms with Crippen molar-refractivity contribution in [1.29, 1.82) is 0 Å². The molecule has 0 bridgehead atoms. The van der Waals surface area contributed by atoms with E-state index in [1.165, 1.54) is 0 Å². The van der Waals surface area contributed by atoms with Gasteiger partial charge in [0.25, 0.3) is 5.56 Å². The third-order valence-electron chi connectivity index (χ3n) is 4.04. The molecule has 2 heterocycles. The average molecular weight is 383 g/mol. The number of halogens is 1. The van der Waals surface area contributed by atoms with E-state index in [1.54, 1.807) is 53.1 Å². The first-order chi connectivity index (χ1) is 13.0. The lowest BCUT2D eigenvalue weighted by Crippen LogP contribution is -2.40. The zero-order valence-electron chi connectivity index (χ0n) is 13.7. The Balaban J connectivity index is 2.16. The van der Waals surface area contributed by atoms with E-state index in [9.17, 15) is 14.4 Å². The van der Waals surface area contributed by atoms with E-state index < -0.39 is 23.8 Å². The van der Waals surface area contributed by atoms with Crippen molar-refractivity contribution in [1.82, 2.24) is 19.1 Å². The number of carbonyl (C=O) groups is 1. The number of benzene rings is 2. The fourth-order valence-electron chi connectivity index (χ4n) is 2.88. The van der Waals surface area contributed by atoms with Gasteiger partial charge < -0.3 is 5.11 Å². The molecule has 0 amide bonds. The summed E-state index contributed by atoms with van der Waals surface area (Å²) in [5, 5.41) is 9.48. The third kappa shape index (κ3) is 2.85. The first kappa shape index (κ1) is 16.9. The van der Waals surface area contributed by atoms with Crippen LogP contribution in [0.15, 0.2) is 58.1 Å². The number of para-hydroxylation sites is 2. The van der Waals surface area contributed by atoms with Crippen molar-refractivity contribution in [2.45, 2.75) is 6.54 Å². The minimum absolute atomic E-state index is 0.0488. The van der Waals surface area contributed by atoms with Crippen LogP contribution in [0.3, 0.4) is 0 Å². The quantitative estimate of drug-likeness (QED) is 0.541. The van der Waals surface area contributed by atoms with Gasteiger partial charge in [0.05, 0.1) is 11.0 Å². The minimum Gasteiger partial charge on any atom is -0.480 e. The second kappa shape index (κ2) is 6.33. The number of fused-ring (bicyclic) bond motifs is 2. The molecule has 4 rings (SSSR count). The lowest BCUT2D eigenvalue weighted by Gasteiger charge is -2.17. The standard InChI is InChI=1S/C18H11ClN4O4/c19-10-5-7-11(8-6-10)23-13-4-2-1-3-12(13)20-15-16(23)21-18(27)22(17(15)26)9-14(24)25/h1-8H,9H2,(H,24,25). The topological polar surface area (TPSA) is 107 Å². The maximum absolute atomic E-state index is 12.7. The highest BCUT2D eigenvalue weighted by molar-refractivity contribution is 6.30. The molecule has 2 aromatic carbocycles. The van der Waals surface area contributed by atoms with Crippen molar-refractivity contribution in [3.63, 3.8) is 0 Å². The number of nitrogens with zero attached hydrogens (tertiary/aromatic N) is 4. The fraction of sp³-hybridized carbons (Fsp3) is 0.0556. The first-order valence-corrected chi connectivity index (χ1v) is 8.23. The van der Waals surface area contributed by atoms with Crippen molar-refractivity contribution >= 4 is 28.6 Å². The molecule has 2 aliphatic heterocycles. The second-order valence-electron chi connectivity index (χ2n) is 5.76. The molecule has 0 saturated heterocycles. The van der Waals surface area contributed by atoms with E-state index in [4.69, 9.17) is 16.7 Å². The van der Waals surface area contributed by atoms with E-state index in [1.807, 2.05) is 0 Å². The number of rotatable bonds is 3. The van der Waals surface area contributed by atoms with Gasteiger partial charge in [0, 0.05) is 10.7 Å². The molecule has 2 aromatic rings. The molecule has 2 aliphatic rings. The van der Waals surface area contributed by atoms with Crippen LogP contribution in [0.4, 0.5) is 0 Å². The maximum Gasteiger partial charge on any atom is 0.353 e. The highest BCUT2D eigenvalue weighted by Crippen LogP contribution is 2.25. The Labute approximate surface area is 156 Å². The lowest BCUT2D eigenvalue weighted by atomic mass is 10.2. The Bertz CT molecular complexity index is 1280. The van der Waals surface area contributed by atoms with Crippen LogP contribution in [0.5, 0.6) is 0 Å². The SMILES string of the molecule is O=C(O)Cn1c(=O)nc2n(-c3ccc(Cl)cc3)c3ccccc3nc-2c1=O. The van der Waals surface area contributed by atoms with Crippen LogP contribution in [0.25, 0.3) is 28.2 Å². The normalized spacial score (nSPS) is 11.1. The molecule has 134 valence electrons. The third-order valence-corrected chi connectivity index (χ3v) is 4.29. The molecular formula is C18H11ClN4O4.